The Morgan fingerprint density at radius 1 is 0.605 bits per heavy atom. The highest BCUT2D eigenvalue weighted by Crippen LogP contribution is 2.57. The van der Waals surface area contributed by atoms with E-state index in [1.54, 1.807) is 0 Å². The van der Waals surface area contributed by atoms with Gasteiger partial charge in [-0.3, -0.25) is 4.52 Å². The molecule has 0 unspecified atom stereocenters. The second kappa shape index (κ2) is 13.2. The number of hydrogen-bond acceptors (Lipinski definition) is 3. The zero-order chi connectivity index (χ0) is 32.6. The molecule has 1 aliphatic carbocycles. The molecular weight excluding hydrogens is 547 g/mol. The quantitative estimate of drug-likeness (QED) is 0.208. The third kappa shape index (κ3) is 8.32. The Bertz CT molecular complexity index is 1160. The predicted octanol–water partition coefficient (Wildman–Crippen LogP) is 11.4. The van der Waals surface area contributed by atoms with E-state index < -0.39 is 14.2 Å². The first-order chi connectivity index (χ1) is 19.6. The van der Waals surface area contributed by atoms with Gasteiger partial charge in [-0.2, -0.15) is 0 Å². The van der Waals surface area contributed by atoms with E-state index in [9.17, 15) is 9.79 Å². The number of fused-ring (bicyclic) bond motifs is 2. The molecule has 2 N–H and O–H groups in total. The summed E-state index contributed by atoms with van der Waals surface area (Å²) in [5, 5.41) is 0. The van der Waals surface area contributed by atoms with Gasteiger partial charge < -0.3 is 9.79 Å². The van der Waals surface area contributed by atoms with Crippen molar-refractivity contribution in [2.45, 2.75) is 175 Å². The lowest BCUT2D eigenvalue weighted by molar-refractivity contribution is 0.0717. The summed E-state index contributed by atoms with van der Waals surface area (Å²) in [7, 11) is -2.61. The van der Waals surface area contributed by atoms with Gasteiger partial charge in [0.15, 0.2) is 0 Å². The molecule has 3 rings (SSSR count). The predicted molar refractivity (Wildman–Crippen MR) is 186 cm³/mol. The highest BCUT2D eigenvalue weighted by atomic mass is 31.2. The minimum absolute atomic E-state index is 0.0122. The van der Waals surface area contributed by atoms with Crippen molar-refractivity contribution in [2.75, 3.05) is 0 Å². The monoisotopic (exact) mass is 610 g/mol. The Balaban J connectivity index is 2.43. The van der Waals surface area contributed by atoms with Gasteiger partial charge >= 0.3 is 8.60 Å². The van der Waals surface area contributed by atoms with Crippen LogP contribution in [-0.2, 0) is 38.2 Å². The van der Waals surface area contributed by atoms with E-state index in [-0.39, 0.29) is 21.7 Å². The molecule has 2 aromatic rings. The summed E-state index contributed by atoms with van der Waals surface area (Å²) in [6.07, 6.45) is 9.93. The Kier molecular flexibility index (Phi) is 11.1. The van der Waals surface area contributed by atoms with Crippen molar-refractivity contribution in [3.8, 4) is 0 Å². The summed E-state index contributed by atoms with van der Waals surface area (Å²) >= 11 is 0. The van der Waals surface area contributed by atoms with Gasteiger partial charge in [-0.1, -0.05) is 153 Å². The molecule has 0 aliphatic heterocycles. The minimum atomic E-state index is -2.61. The van der Waals surface area contributed by atoms with Crippen molar-refractivity contribution in [3.05, 3.63) is 68.8 Å². The molecule has 0 bridgehead atoms. The van der Waals surface area contributed by atoms with Gasteiger partial charge in [0.05, 0.1) is 0 Å². The molecule has 0 aromatic heterocycles. The molecule has 0 amide bonds. The van der Waals surface area contributed by atoms with Gasteiger partial charge in [0.25, 0.3) is 0 Å². The second-order valence-corrected chi connectivity index (χ2v) is 18.0. The summed E-state index contributed by atoms with van der Waals surface area (Å²) in [6.45, 7) is 29.7. The van der Waals surface area contributed by atoms with Gasteiger partial charge in [-0.25, -0.2) is 0 Å². The molecule has 43 heavy (non-hydrogen) atoms. The fourth-order valence-electron chi connectivity index (χ4n) is 6.87. The van der Waals surface area contributed by atoms with Crippen LogP contribution in [0.25, 0.3) is 0 Å². The van der Waals surface area contributed by atoms with Crippen molar-refractivity contribution < 1.29 is 14.3 Å². The Morgan fingerprint density at radius 2 is 1.00 bits per heavy atom. The lowest BCUT2D eigenvalue weighted by atomic mass is 9.62. The van der Waals surface area contributed by atoms with Crippen molar-refractivity contribution >= 4 is 8.60 Å². The van der Waals surface area contributed by atoms with Crippen LogP contribution in [0.4, 0.5) is 0 Å². The van der Waals surface area contributed by atoms with E-state index in [4.69, 9.17) is 4.52 Å². The largest absolute Gasteiger partial charge is 0.328 e. The molecule has 0 spiro atoms. The maximum atomic E-state index is 10.8. The van der Waals surface area contributed by atoms with Gasteiger partial charge in [-0.05, 0) is 85.4 Å². The zero-order valence-electron chi connectivity index (χ0n) is 29.9. The minimum Gasteiger partial charge on any atom is -0.328 e. The van der Waals surface area contributed by atoms with Crippen LogP contribution in [0.15, 0.2) is 24.3 Å². The van der Waals surface area contributed by atoms with Crippen molar-refractivity contribution in [3.63, 3.8) is 0 Å². The molecule has 0 fully saturated rings. The van der Waals surface area contributed by atoms with Crippen LogP contribution in [0.3, 0.4) is 0 Å². The number of hydrogen-bond donors (Lipinski definition) is 2. The van der Waals surface area contributed by atoms with Crippen LogP contribution < -0.4 is 0 Å². The fraction of sp³-hybridized carbons (Fsp3) is 0.692. The van der Waals surface area contributed by atoms with Gasteiger partial charge in [0.1, 0.15) is 5.60 Å². The standard InChI is InChI=1S/C39H63O3P/c1-14-15-16-17-18-19-20-21-39(42-43(40)41)33-27(23-29(35(2,3)4)25-31(33)37(8,9)10)22-28-24-30(36(5,6)7)26-32(34(28)39)38(11,12)13/h23-26,40-41H,14-22H2,1-13H3. The lowest BCUT2D eigenvalue weighted by Gasteiger charge is -2.47. The molecule has 1 aliphatic rings. The van der Waals surface area contributed by atoms with E-state index in [2.05, 4.69) is 114 Å². The van der Waals surface area contributed by atoms with E-state index in [0.717, 1.165) is 25.7 Å². The van der Waals surface area contributed by atoms with Crippen molar-refractivity contribution in [2.24, 2.45) is 0 Å². The SMILES string of the molecule is CCCCCCCCCC1(OP(O)O)c2c(cc(C(C)(C)C)cc2C(C)(C)C)Cc2cc(C(C)(C)C)cc(C(C)(C)C)c21. The van der Waals surface area contributed by atoms with Crippen LogP contribution in [0.1, 0.15) is 186 Å². The molecule has 2 aromatic carbocycles. The summed E-state index contributed by atoms with van der Waals surface area (Å²) in [5.74, 6) is 0. The fourth-order valence-corrected chi connectivity index (χ4v) is 7.43. The molecule has 242 valence electrons. The summed E-state index contributed by atoms with van der Waals surface area (Å²) in [6, 6.07) is 9.58. The van der Waals surface area contributed by atoms with Crippen molar-refractivity contribution in [1.29, 1.82) is 0 Å². The Morgan fingerprint density at radius 3 is 1.35 bits per heavy atom. The molecule has 4 heteroatoms. The molecular formula is C39H63O3P. The summed E-state index contributed by atoms with van der Waals surface area (Å²) < 4.78 is 6.68. The summed E-state index contributed by atoms with van der Waals surface area (Å²) in [5.41, 5.74) is 8.81. The van der Waals surface area contributed by atoms with Gasteiger partial charge in [0.2, 0.25) is 0 Å². The highest BCUT2D eigenvalue weighted by molar-refractivity contribution is 7.39. The third-order valence-electron chi connectivity index (χ3n) is 9.35. The van der Waals surface area contributed by atoms with E-state index in [1.165, 1.54) is 76.6 Å². The smallest absolute Gasteiger partial charge is 0.328 e. The number of rotatable bonds is 10. The van der Waals surface area contributed by atoms with Crippen LogP contribution >= 0.6 is 8.60 Å². The molecule has 0 saturated heterocycles. The lowest BCUT2D eigenvalue weighted by Crippen LogP contribution is -2.41. The van der Waals surface area contributed by atoms with Crippen molar-refractivity contribution in [1.82, 2.24) is 0 Å². The Hall–Kier alpha value is -1.25. The van der Waals surface area contributed by atoms with E-state index in [1.807, 2.05) is 0 Å². The Labute approximate surface area is 266 Å². The first-order valence-corrected chi connectivity index (χ1v) is 18.0. The first-order valence-electron chi connectivity index (χ1n) is 16.9. The number of benzene rings is 2. The molecule has 3 nitrogen and oxygen atoms in total. The molecule has 0 atom stereocenters. The van der Waals surface area contributed by atoms with E-state index >= 15 is 0 Å². The second-order valence-electron chi connectivity index (χ2n) is 17.3. The van der Waals surface area contributed by atoms with Gasteiger partial charge in [0, 0.05) is 0 Å². The zero-order valence-corrected chi connectivity index (χ0v) is 30.8. The third-order valence-corrected chi connectivity index (χ3v) is 9.82. The summed E-state index contributed by atoms with van der Waals surface area (Å²) in [4.78, 5) is 21.5. The van der Waals surface area contributed by atoms with Crippen LogP contribution in [0, 0.1) is 0 Å². The van der Waals surface area contributed by atoms with Crippen LogP contribution in [0.5, 0.6) is 0 Å². The maximum Gasteiger partial charge on any atom is 0.328 e. The molecule has 0 heterocycles. The van der Waals surface area contributed by atoms with Crippen LogP contribution in [-0.4, -0.2) is 9.79 Å². The normalized spacial score (nSPS) is 15.5. The number of unbranched alkanes of at least 4 members (excludes halogenated alkanes) is 6. The highest BCUT2D eigenvalue weighted by Gasteiger charge is 2.49. The topological polar surface area (TPSA) is 49.7 Å². The first kappa shape index (κ1) is 36.2. The average molecular weight is 611 g/mol. The molecule has 0 radical (unpaired) electrons. The maximum absolute atomic E-state index is 10.8. The molecule has 0 saturated carbocycles. The van der Waals surface area contributed by atoms with E-state index in [0.29, 0.717) is 0 Å². The van der Waals surface area contributed by atoms with Gasteiger partial charge in [-0.15, -0.1) is 0 Å². The van der Waals surface area contributed by atoms with Crippen LogP contribution in [0.2, 0.25) is 0 Å². The average Bonchev–Trinajstić information content (AvgIpc) is 2.84.